The van der Waals surface area contributed by atoms with Crippen molar-refractivity contribution in [3.05, 3.63) is 10.8 Å². The van der Waals surface area contributed by atoms with Gasteiger partial charge in [-0.2, -0.15) is 0 Å². The van der Waals surface area contributed by atoms with E-state index >= 15 is 0 Å². The standard InChI is InChI=1S/C9H13BrN4/c1-9(3-2-4-9)14-8-6(10)7(11)12-5-13-8/h5H,2-4H2,1H3,(H3,11,12,13,14). The van der Waals surface area contributed by atoms with Crippen LogP contribution in [0.15, 0.2) is 10.8 Å². The highest BCUT2D eigenvalue weighted by Crippen LogP contribution is 2.36. The number of hydrogen-bond donors (Lipinski definition) is 2. The molecule has 1 aromatic heterocycles. The molecule has 76 valence electrons. The Morgan fingerprint density at radius 1 is 1.50 bits per heavy atom. The summed E-state index contributed by atoms with van der Waals surface area (Å²) < 4.78 is 0.758. The molecule has 4 nitrogen and oxygen atoms in total. The normalized spacial score (nSPS) is 18.7. The lowest BCUT2D eigenvalue weighted by molar-refractivity contribution is 0.305. The fraction of sp³-hybridized carbons (Fsp3) is 0.556. The van der Waals surface area contributed by atoms with Crippen molar-refractivity contribution in [2.75, 3.05) is 11.1 Å². The predicted octanol–water partition coefficient (Wildman–Crippen LogP) is 2.18. The molecule has 0 atom stereocenters. The molecule has 1 fully saturated rings. The van der Waals surface area contributed by atoms with Crippen molar-refractivity contribution < 1.29 is 0 Å². The van der Waals surface area contributed by atoms with E-state index in [0.29, 0.717) is 5.82 Å². The second kappa shape index (κ2) is 3.38. The molecule has 3 N–H and O–H groups in total. The summed E-state index contributed by atoms with van der Waals surface area (Å²) in [4.78, 5) is 8.05. The quantitative estimate of drug-likeness (QED) is 0.852. The van der Waals surface area contributed by atoms with E-state index in [1.165, 1.54) is 25.6 Å². The zero-order valence-electron chi connectivity index (χ0n) is 8.05. The van der Waals surface area contributed by atoms with Crippen LogP contribution in [0.5, 0.6) is 0 Å². The van der Waals surface area contributed by atoms with Crippen molar-refractivity contribution in [3.63, 3.8) is 0 Å². The van der Waals surface area contributed by atoms with Crippen molar-refractivity contribution >= 4 is 27.6 Å². The zero-order chi connectivity index (χ0) is 10.2. The number of nitrogens with one attached hydrogen (secondary N) is 1. The number of hydrogen-bond acceptors (Lipinski definition) is 4. The van der Waals surface area contributed by atoms with Gasteiger partial charge in [0.2, 0.25) is 0 Å². The van der Waals surface area contributed by atoms with Crippen LogP contribution in [-0.4, -0.2) is 15.5 Å². The minimum absolute atomic E-state index is 0.184. The maximum Gasteiger partial charge on any atom is 0.146 e. The first kappa shape index (κ1) is 9.71. The second-order valence-electron chi connectivity index (χ2n) is 3.96. The summed E-state index contributed by atoms with van der Waals surface area (Å²) in [5.74, 6) is 1.27. The van der Waals surface area contributed by atoms with Gasteiger partial charge in [0.05, 0.1) is 0 Å². The minimum atomic E-state index is 0.184. The van der Waals surface area contributed by atoms with E-state index in [2.05, 4.69) is 38.1 Å². The molecule has 5 heteroatoms. The Hall–Kier alpha value is -0.840. The number of nitrogens with zero attached hydrogens (tertiary/aromatic N) is 2. The molecule has 1 aliphatic rings. The fourth-order valence-electron chi connectivity index (χ4n) is 1.59. The lowest BCUT2D eigenvalue weighted by Crippen LogP contribution is -2.42. The van der Waals surface area contributed by atoms with Crippen LogP contribution in [0.2, 0.25) is 0 Å². The minimum Gasteiger partial charge on any atom is -0.383 e. The number of nitrogen functional groups attached to an aromatic ring is 1. The molecule has 14 heavy (non-hydrogen) atoms. The predicted molar refractivity (Wildman–Crippen MR) is 60.0 cm³/mol. The highest BCUT2D eigenvalue weighted by molar-refractivity contribution is 9.10. The number of aromatic nitrogens is 2. The van der Waals surface area contributed by atoms with E-state index in [4.69, 9.17) is 5.73 Å². The van der Waals surface area contributed by atoms with E-state index in [-0.39, 0.29) is 5.54 Å². The Morgan fingerprint density at radius 3 is 2.79 bits per heavy atom. The largest absolute Gasteiger partial charge is 0.383 e. The van der Waals surface area contributed by atoms with Crippen molar-refractivity contribution in [2.45, 2.75) is 31.7 Å². The molecule has 1 heterocycles. The molecular weight excluding hydrogens is 244 g/mol. The molecule has 1 saturated carbocycles. The molecule has 0 amide bonds. The van der Waals surface area contributed by atoms with Crippen LogP contribution in [-0.2, 0) is 0 Å². The Morgan fingerprint density at radius 2 is 2.21 bits per heavy atom. The van der Waals surface area contributed by atoms with Crippen LogP contribution in [0.3, 0.4) is 0 Å². The molecular formula is C9H13BrN4. The van der Waals surface area contributed by atoms with Crippen LogP contribution in [0.25, 0.3) is 0 Å². The SMILES string of the molecule is CC1(Nc2ncnc(N)c2Br)CCC1. The van der Waals surface area contributed by atoms with Gasteiger partial charge in [-0.1, -0.05) is 0 Å². The summed E-state index contributed by atoms with van der Waals surface area (Å²) in [6.45, 7) is 2.20. The third-order valence-corrected chi connectivity index (χ3v) is 3.48. The van der Waals surface area contributed by atoms with Crippen LogP contribution in [0, 0.1) is 0 Å². The molecule has 2 rings (SSSR count). The van der Waals surface area contributed by atoms with Gasteiger partial charge in [0.1, 0.15) is 22.4 Å². The Kier molecular flexibility index (Phi) is 2.34. The molecule has 1 aliphatic carbocycles. The van der Waals surface area contributed by atoms with Gasteiger partial charge in [0.15, 0.2) is 0 Å². The Labute approximate surface area is 91.4 Å². The molecule has 0 bridgehead atoms. The summed E-state index contributed by atoms with van der Waals surface area (Å²) in [6.07, 6.45) is 5.12. The molecule has 0 unspecified atom stereocenters. The van der Waals surface area contributed by atoms with Gasteiger partial charge in [-0.3, -0.25) is 0 Å². The molecule has 0 aliphatic heterocycles. The number of halogens is 1. The van der Waals surface area contributed by atoms with Crippen molar-refractivity contribution in [3.8, 4) is 0 Å². The number of anilines is 2. The zero-order valence-corrected chi connectivity index (χ0v) is 9.63. The fourth-order valence-corrected chi connectivity index (χ4v) is 1.89. The summed E-state index contributed by atoms with van der Waals surface area (Å²) in [5, 5.41) is 3.39. The summed E-state index contributed by atoms with van der Waals surface area (Å²) in [6, 6.07) is 0. The van der Waals surface area contributed by atoms with Crippen molar-refractivity contribution in [2.24, 2.45) is 0 Å². The first-order valence-corrected chi connectivity index (χ1v) is 5.44. The van der Waals surface area contributed by atoms with Crippen molar-refractivity contribution in [1.82, 2.24) is 9.97 Å². The topological polar surface area (TPSA) is 63.8 Å². The highest BCUT2D eigenvalue weighted by atomic mass is 79.9. The van der Waals surface area contributed by atoms with E-state index in [1.807, 2.05) is 0 Å². The van der Waals surface area contributed by atoms with Crippen molar-refractivity contribution in [1.29, 1.82) is 0 Å². The van der Waals surface area contributed by atoms with Gasteiger partial charge in [-0.05, 0) is 42.1 Å². The van der Waals surface area contributed by atoms with Gasteiger partial charge in [0, 0.05) is 5.54 Å². The van der Waals surface area contributed by atoms with Gasteiger partial charge >= 0.3 is 0 Å². The lowest BCUT2D eigenvalue weighted by Gasteiger charge is -2.39. The molecule has 0 radical (unpaired) electrons. The Bertz CT molecular complexity index is 349. The molecule has 0 saturated heterocycles. The van der Waals surface area contributed by atoms with Crippen LogP contribution in [0.4, 0.5) is 11.6 Å². The van der Waals surface area contributed by atoms with E-state index in [9.17, 15) is 0 Å². The van der Waals surface area contributed by atoms with E-state index < -0.39 is 0 Å². The van der Waals surface area contributed by atoms with Gasteiger partial charge in [-0.15, -0.1) is 0 Å². The van der Waals surface area contributed by atoms with Crippen LogP contribution < -0.4 is 11.1 Å². The average Bonchev–Trinajstić information content (AvgIpc) is 2.10. The second-order valence-corrected chi connectivity index (χ2v) is 4.75. The van der Waals surface area contributed by atoms with E-state index in [1.54, 1.807) is 0 Å². The summed E-state index contributed by atoms with van der Waals surface area (Å²) >= 11 is 3.37. The summed E-state index contributed by atoms with van der Waals surface area (Å²) in [5.41, 5.74) is 5.84. The number of rotatable bonds is 2. The number of nitrogens with two attached hydrogens (primary N) is 1. The molecule has 0 spiro atoms. The van der Waals surface area contributed by atoms with Crippen LogP contribution in [0.1, 0.15) is 26.2 Å². The maximum absolute atomic E-state index is 5.66. The smallest absolute Gasteiger partial charge is 0.146 e. The van der Waals surface area contributed by atoms with Crippen LogP contribution >= 0.6 is 15.9 Å². The van der Waals surface area contributed by atoms with Gasteiger partial charge < -0.3 is 11.1 Å². The third-order valence-electron chi connectivity index (χ3n) is 2.69. The highest BCUT2D eigenvalue weighted by Gasteiger charge is 2.32. The van der Waals surface area contributed by atoms with E-state index in [0.717, 1.165) is 10.3 Å². The molecule has 0 aromatic carbocycles. The monoisotopic (exact) mass is 256 g/mol. The first-order chi connectivity index (χ1) is 6.61. The lowest BCUT2D eigenvalue weighted by atomic mass is 9.78. The third kappa shape index (κ3) is 1.68. The maximum atomic E-state index is 5.66. The summed E-state index contributed by atoms with van der Waals surface area (Å²) in [7, 11) is 0. The van der Waals surface area contributed by atoms with Gasteiger partial charge in [-0.25, -0.2) is 9.97 Å². The average molecular weight is 257 g/mol. The molecule has 1 aromatic rings. The van der Waals surface area contributed by atoms with Gasteiger partial charge in [0.25, 0.3) is 0 Å². The Balaban J connectivity index is 2.20. The first-order valence-electron chi connectivity index (χ1n) is 4.65.